The summed E-state index contributed by atoms with van der Waals surface area (Å²) in [5, 5.41) is 6.11. The first-order valence-electron chi connectivity index (χ1n) is 7.68. The van der Waals surface area contributed by atoms with Crippen molar-refractivity contribution in [1.82, 2.24) is 9.97 Å². The molecule has 5 heteroatoms. The SMILES string of the molecule is Cc1cccc(NC(=O)c2cc(NCc3ccccn3)ccn2)c1. The zero-order valence-electron chi connectivity index (χ0n) is 13.4. The molecule has 120 valence electrons. The minimum Gasteiger partial charge on any atom is -0.379 e. The molecule has 0 aliphatic carbocycles. The molecule has 0 saturated heterocycles. The molecule has 0 aliphatic heterocycles. The second kappa shape index (κ2) is 7.37. The highest BCUT2D eigenvalue weighted by Crippen LogP contribution is 2.13. The van der Waals surface area contributed by atoms with E-state index < -0.39 is 0 Å². The van der Waals surface area contributed by atoms with Gasteiger partial charge in [0.25, 0.3) is 5.91 Å². The number of carbonyl (C=O) groups is 1. The highest BCUT2D eigenvalue weighted by atomic mass is 16.1. The molecule has 3 rings (SSSR count). The van der Waals surface area contributed by atoms with Crippen LogP contribution in [0.3, 0.4) is 0 Å². The average Bonchev–Trinajstić information content (AvgIpc) is 2.61. The maximum Gasteiger partial charge on any atom is 0.274 e. The lowest BCUT2D eigenvalue weighted by Crippen LogP contribution is -2.14. The molecule has 0 saturated carbocycles. The number of amides is 1. The number of aromatic nitrogens is 2. The molecular formula is C19H18N4O. The molecule has 0 bridgehead atoms. The fourth-order valence-electron chi connectivity index (χ4n) is 2.28. The summed E-state index contributed by atoms with van der Waals surface area (Å²) in [5.41, 5.74) is 3.97. The number of benzene rings is 1. The van der Waals surface area contributed by atoms with Crippen molar-refractivity contribution >= 4 is 17.3 Å². The summed E-state index contributed by atoms with van der Waals surface area (Å²) in [6, 6.07) is 17.0. The molecule has 0 fully saturated rings. The van der Waals surface area contributed by atoms with Crippen molar-refractivity contribution in [2.75, 3.05) is 10.6 Å². The standard InChI is InChI=1S/C19H18N4O/c1-14-5-4-7-16(11-14)23-19(24)18-12-15(8-10-21-18)22-13-17-6-2-3-9-20-17/h2-12H,13H2,1H3,(H,21,22)(H,23,24). The Morgan fingerprint density at radius 1 is 0.958 bits per heavy atom. The molecule has 0 radical (unpaired) electrons. The molecule has 24 heavy (non-hydrogen) atoms. The second-order valence-corrected chi connectivity index (χ2v) is 5.43. The topological polar surface area (TPSA) is 66.9 Å². The second-order valence-electron chi connectivity index (χ2n) is 5.43. The van der Waals surface area contributed by atoms with Gasteiger partial charge in [-0.25, -0.2) is 0 Å². The molecule has 0 unspecified atom stereocenters. The first kappa shape index (κ1) is 15.7. The number of rotatable bonds is 5. The van der Waals surface area contributed by atoms with E-state index >= 15 is 0 Å². The third-order valence-electron chi connectivity index (χ3n) is 3.47. The van der Waals surface area contributed by atoms with E-state index in [-0.39, 0.29) is 5.91 Å². The molecule has 0 spiro atoms. The van der Waals surface area contributed by atoms with Gasteiger partial charge in [-0.1, -0.05) is 18.2 Å². The van der Waals surface area contributed by atoms with Crippen molar-refractivity contribution in [1.29, 1.82) is 0 Å². The molecule has 2 heterocycles. The van der Waals surface area contributed by atoms with E-state index in [0.29, 0.717) is 12.2 Å². The third-order valence-corrected chi connectivity index (χ3v) is 3.47. The minimum atomic E-state index is -0.234. The smallest absolute Gasteiger partial charge is 0.274 e. The Labute approximate surface area is 140 Å². The zero-order chi connectivity index (χ0) is 16.8. The molecule has 2 aromatic heterocycles. The molecular weight excluding hydrogens is 300 g/mol. The van der Waals surface area contributed by atoms with Crippen molar-refractivity contribution in [2.24, 2.45) is 0 Å². The maximum absolute atomic E-state index is 12.3. The van der Waals surface area contributed by atoms with Gasteiger partial charge < -0.3 is 10.6 Å². The molecule has 1 amide bonds. The molecule has 3 aromatic rings. The van der Waals surface area contributed by atoms with Crippen molar-refractivity contribution < 1.29 is 4.79 Å². The largest absolute Gasteiger partial charge is 0.379 e. The van der Waals surface area contributed by atoms with Crippen LogP contribution < -0.4 is 10.6 Å². The first-order valence-corrected chi connectivity index (χ1v) is 7.68. The van der Waals surface area contributed by atoms with Crippen LogP contribution in [0.4, 0.5) is 11.4 Å². The Morgan fingerprint density at radius 3 is 2.67 bits per heavy atom. The highest BCUT2D eigenvalue weighted by Gasteiger charge is 2.08. The number of anilines is 2. The lowest BCUT2D eigenvalue weighted by atomic mass is 10.2. The van der Waals surface area contributed by atoms with Gasteiger partial charge in [0.2, 0.25) is 0 Å². The number of pyridine rings is 2. The van der Waals surface area contributed by atoms with Crippen LogP contribution in [0.2, 0.25) is 0 Å². The molecule has 2 N–H and O–H groups in total. The van der Waals surface area contributed by atoms with E-state index in [1.165, 1.54) is 0 Å². The molecule has 0 aliphatic rings. The molecule has 0 atom stereocenters. The van der Waals surface area contributed by atoms with E-state index in [0.717, 1.165) is 22.6 Å². The number of nitrogens with one attached hydrogen (secondary N) is 2. The predicted octanol–water partition coefficient (Wildman–Crippen LogP) is 3.65. The van der Waals surface area contributed by atoms with E-state index in [9.17, 15) is 4.79 Å². The number of aryl methyl sites for hydroxylation is 1. The average molecular weight is 318 g/mol. The van der Waals surface area contributed by atoms with Crippen molar-refractivity contribution in [2.45, 2.75) is 13.5 Å². The van der Waals surface area contributed by atoms with Crippen LogP contribution in [0.15, 0.2) is 67.0 Å². The van der Waals surface area contributed by atoms with Gasteiger partial charge >= 0.3 is 0 Å². The van der Waals surface area contributed by atoms with Crippen LogP contribution in [-0.4, -0.2) is 15.9 Å². The van der Waals surface area contributed by atoms with Gasteiger partial charge in [0.05, 0.1) is 12.2 Å². The normalized spacial score (nSPS) is 10.2. The summed E-state index contributed by atoms with van der Waals surface area (Å²) >= 11 is 0. The number of hydrogen-bond donors (Lipinski definition) is 2. The number of hydrogen-bond acceptors (Lipinski definition) is 4. The van der Waals surface area contributed by atoms with Crippen molar-refractivity contribution in [3.63, 3.8) is 0 Å². The van der Waals surface area contributed by atoms with Gasteiger partial charge in [-0.15, -0.1) is 0 Å². The number of carbonyl (C=O) groups excluding carboxylic acids is 1. The van der Waals surface area contributed by atoms with E-state index in [1.807, 2.05) is 55.5 Å². The Morgan fingerprint density at radius 2 is 1.88 bits per heavy atom. The summed E-state index contributed by atoms with van der Waals surface area (Å²) in [4.78, 5) is 20.7. The minimum absolute atomic E-state index is 0.234. The van der Waals surface area contributed by atoms with Crippen LogP contribution in [0.5, 0.6) is 0 Å². The van der Waals surface area contributed by atoms with Gasteiger partial charge in [0.15, 0.2) is 0 Å². The number of nitrogens with zero attached hydrogens (tertiary/aromatic N) is 2. The van der Waals surface area contributed by atoms with Crippen LogP contribution >= 0.6 is 0 Å². The monoisotopic (exact) mass is 318 g/mol. The van der Waals surface area contributed by atoms with Crippen molar-refractivity contribution in [3.8, 4) is 0 Å². The third kappa shape index (κ3) is 4.16. The summed E-state index contributed by atoms with van der Waals surface area (Å²) in [6.07, 6.45) is 3.37. The lowest BCUT2D eigenvalue weighted by Gasteiger charge is -2.08. The van der Waals surface area contributed by atoms with Gasteiger partial charge in [-0.2, -0.15) is 0 Å². The highest BCUT2D eigenvalue weighted by molar-refractivity contribution is 6.03. The van der Waals surface area contributed by atoms with Crippen LogP contribution in [0.25, 0.3) is 0 Å². The van der Waals surface area contributed by atoms with Crippen LogP contribution in [0.1, 0.15) is 21.7 Å². The van der Waals surface area contributed by atoms with Crippen molar-refractivity contribution in [3.05, 3.63) is 83.9 Å². The van der Waals surface area contributed by atoms with Gasteiger partial charge in [-0.3, -0.25) is 14.8 Å². The Hall–Kier alpha value is -3.21. The molecule has 1 aromatic carbocycles. The Balaban J connectivity index is 1.67. The fraction of sp³-hybridized carbons (Fsp3) is 0.105. The quantitative estimate of drug-likeness (QED) is 0.753. The fourth-order valence-corrected chi connectivity index (χ4v) is 2.28. The maximum atomic E-state index is 12.3. The van der Waals surface area contributed by atoms with Gasteiger partial charge in [0.1, 0.15) is 5.69 Å². The Bertz CT molecular complexity index is 834. The van der Waals surface area contributed by atoms with E-state index in [1.54, 1.807) is 18.5 Å². The van der Waals surface area contributed by atoms with Crippen LogP contribution in [0, 0.1) is 6.92 Å². The van der Waals surface area contributed by atoms with E-state index in [4.69, 9.17) is 0 Å². The first-order chi connectivity index (χ1) is 11.7. The summed E-state index contributed by atoms with van der Waals surface area (Å²) in [7, 11) is 0. The summed E-state index contributed by atoms with van der Waals surface area (Å²) < 4.78 is 0. The predicted molar refractivity (Wildman–Crippen MR) is 94.9 cm³/mol. The Kier molecular flexibility index (Phi) is 4.81. The zero-order valence-corrected chi connectivity index (χ0v) is 13.4. The molecule has 5 nitrogen and oxygen atoms in total. The summed E-state index contributed by atoms with van der Waals surface area (Å²) in [5.74, 6) is -0.234. The van der Waals surface area contributed by atoms with Crippen LogP contribution in [-0.2, 0) is 6.54 Å². The van der Waals surface area contributed by atoms with E-state index in [2.05, 4.69) is 20.6 Å². The summed E-state index contributed by atoms with van der Waals surface area (Å²) in [6.45, 7) is 2.57. The van der Waals surface area contributed by atoms with Gasteiger partial charge in [-0.05, 0) is 48.9 Å². The van der Waals surface area contributed by atoms with Gasteiger partial charge in [0, 0.05) is 23.8 Å². The lowest BCUT2D eigenvalue weighted by molar-refractivity contribution is 0.102.